The van der Waals surface area contributed by atoms with Crippen LogP contribution in [0.2, 0.25) is 0 Å². The number of nitrogens with two attached hydrogens (primary N) is 1. The first-order chi connectivity index (χ1) is 22.6. The van der Waals surface area contributed by atoms with Gasteiger partial charge in [0, 0.05) is 45.0 Å². The molecule has 1 saturated heterocycles. The molecule has 6 rings (SSSR count). The lowest BCUT2D eigenvalue weighted by Gasteiger charge is -2.32. The molecule has 3 aromatic heterocycles. The molecule has 47 heavy (non-hydrogen) atoms. The van der Waals surface area contributed by atoms with Crippen molar-refractivity contribution in [3.05, 3.63) is 77.1 Å². The van der Waals surface area contributed by atoms with Gasteiger partial charge in [0.15, 0.2) is 5.82 Å². The van der Waals surface area contributed by atoms with Gasteiger partial charge in [-0.25, -0.2) is 19.3 Å². The number of nitrogens with one attached hydrogen (secondary N) is 1. The fourth-order valence-corrected chi connectivity index (χ4v) is 6.94. The molecule has 1 fully saturated rings. The van der Waals surface area contributed by atoms with Crippen LogP contribution in [0.4, 0.5) is 15.9 Å². The Morgan fingerprint density at radius 1 is 1.17 bits per heavy atom. The SMILES string of the molecule is CCN(C(=O)[C@@H]1CCN(C(C)C(=O)N2CC=C(c3ncc(-c4ncn(C)n4)s3)CC2)C1)c1ccc(N)c(C(=N)c2ccc(F)cc2)n1. The van der Waals surface area contributed by atoms with Crippen molar-refractivity contribution in [3.8, 4) is 10.7 Å². The number of hydrogen-bond acceptors (Lipinski definition) is 10. The van der Waals surface area contributed by atoms with E-state index in [1.165, 1.54) is 24.3 Å². The Bertz CT molecular complexity index is 1830. The molecule has 0 radical (unpaired) electrons. The molecule has 0 spiro atoms. The van der Waals surface area contributed by atoms with Crippen LogP contribution in [0, 0.1) is 17.1 Å². The van der Waals surface area contributed by atoms with Crippen LogP contribution in [-0.2, 0) is 16.6 Å². The highest BCUT2D eigenvalue weighted by Crippen LogP contribution is 2.31. The van der Waals surface area contributed by atoms with Gasteiger partial charge in [0.05, 0.1) is 28.2 Å². The Kier molecular flexibility index (Phi) is 9.23. The maximum Gasteiger partial charge on any atom is 0.239 e. The predicted molar refractivity (Wildman–Crippen MR) is 179 cm³/mol. The summed E-state index contributed by atoms with van der Waals surface area (Å²) in [5.41, 5.74) is 8.32. The van der Waals surface area contributed by atoms with E-state index in [1.54, 1.807) is 45.6 Å². The number of halogens is 1. The van der Waals surface area contributed by atoms with Crippen molar-refractivity contribution in [1.82, 2.24) is 34.5 Å². The van der Waals surface area contributed by atoms with Crippen LogP contribution < -0.4 is 10.6 Å². The summed E-state index contributed by atoms with van der Waals surface area (Å²) in [5, 5.41) is 13.9. The molecular formula is C33H37FN10O2S. The average molecular weight is 657 g/mol. The molecule has 1 unspecified atom stereocenters. The molecule has 4 aromatic rings. The Labute approximate surface area is 276 Å². The van der Waals surface area contributed by atoms with Gasteiger partial charge < -0.3 is 10.6 Å². The fraction of sp³-hybridized carbons (Fsp3) is 0.364. The number of rotatable bonds is 9. The highest BCUT2D eigenvalue weighted by molar-refractivity contribution is 7.16. The van der Waals surface area contributed by atoms with E-state index in [0.29, 0.717) is 68.5 Å². The van der Waals surface area contributed by atoms with Crippen LogP contribution in [-0.4, -0.2) is 90.8 Å². The maximum absolute atomic E-state index is 13.8. The minimum atomic E-state index is -0.400. The normalized spacial score (nSPS) is 17.4. The number of benzene rings is 1. The number of anilines is 2. The lowest BCUT2D eigenvalue weighted by molar-refractivity contribution is -0.136. The topological polar surface area (TPSA) is 150 Å². The van der Waals surface area contributed by atoms with Gasteiger partial charge in [-0.3, -0.25) is 29.5 Å². The van der Waals surface area contributed by atoms with Gasteiger partial charge in [-0.15, -0.1) is 11.3 Å². The Balaban J connectivity index is 1.07. The Hall–Kier alpha value is -4.82. The van der Waals surface area contributed by atoms with Gasteiger partial charge in [-0.2, -0.15) is 5.10 Å². The van der Waals surface area contributed by atoms with Crippen LogP contribution >= 0.6 is 11.3 Å². The van der Waals surface area contributed by atoms with E-state index in [2.05, 4.69) is 31.0 Å². The number of nitrogens with zero attached hydrogens (tertiary/aromatic N) is 8. The molecule has 0 aliphatic carbocycles. The van der Waals surface area contributed by atoms with Crippen molar-refractivity contribution >= 4 is 45.9 Å². The van der Waals surface area contributed by atoms with Crippen LogP contribution in [0.5, 0.6) is 0 Å². The van der Waals surface area contributed by atoms with Gasteiger partial charge in [0.1, 0.15) is 28.7 Å². The predicted octanol–water partition coefficient (Wildman–Crippen LogP) is 3.85. The largest absolute Gasteiger partial charge is 0.397 e. The first kappa shape index (κ1) is 32.1. The van der Waals surface area contributed by atoms with Gasteiger partial charge in [-0.1, -0.05) is 6.08 Å². The van der Waals surface area contributed by atoms with Crippen molar-refractivity contribution in [1.29, 1.82) is 5.41 Å². The molecule has 5 heterocycles. The zero-order valence-electron chi connectivity index (χ0n) is 26.6. The standard InChI is InChI=1S/C33H37FN10O2S/c1-4-44(27-10-9-25(35)29(39-27)28(36)21-5-7-24(34)8-6-21)33(46)23-13-16-43(18-23)20(2)32(45)42-14-11-22(12-15-42)31-37-17-26(47-31)30-38-19-41(3)40-30/h5-11,17,19-20,23,36H,4,12-16,18,35H2,1-3H3/t20?,23-/m1/s1. The first-order valence-corrected chi connectivity index (χ1v) is 16.4. The number of hydrogen-bond donors (Lipinski definition) is 2. The summed E-state index contributed by atoms with van der Waals surface area (Å²) < 4.78 is 15.1. The van der Waals surface area contributed by atoms with Crippen LogP contribution in [0.25, 0.3) is 16.3 Å². The molecule has 2 atom stereocenters. The molecule has 12 nitrogen and oxygen atoms in total. The third-order valence-corrected chi connectivity index (χ3v) is 9.80. The number of aromatic nitrogens is 5. The van der Waals surface area contributed by atoms with Crippen molar-refractivity contribution in [2.45, 2.75) is 32.7 Å². The summed E-state index contributed by atoms with van der Waals surface area (Å²) in [4.78, 5) is 47.2. The van der Waals surface area contributed by atoms with E-state index in [0.717, 1.165) is 15.5 Å². The number of thiazole rings is 1. The summed E-state index contributed by atoms with van der Waals surface area (Å²) >= 11 is 1.55. The molecular weight excluding hydrogens is 619 g/mol. The monoisotopic (exact) mass is 656 g/mol. The van der Waals surface area contributed by atoms with Gasteiger partial charge in [-0.05, 0) is 75.2 Å². The Morgan fingerprint density at radius 2 is 1.96 bits per heavy atom. The van der Waals surface area contributed by atoms with E-state index in [-0.39, 0.29) is 35.2 Å². The highest BCUT2D eigenvalue weighted by Gasteiger charge is 2.37. The molecule has 2 amide bonds. The van der Waals surface area contributed by atoms with Crippen LogP contribution in [0.1, 0.15) is 43.0 Å². The highest BCUT2D eigenvalue weighted by atomic mass is 32.1. The van der Waals surface area contributed by atoms with E-state index < -0.39 is 5.82 Å². The van der Waals surface area contributed by atoms with E-state index in [4.69, 9.17) is 11.1 Å². The number of carbonyl (C=O) groups excluding carboxylic acids is 2. The number of likely N-dealkylation sites (tertiary alicyclic amines) is 1. The molecule has 3 N–H and O–H groups in total. The minimum absolute atomic E-state index is 0.0439. The van der Waals surface area contributed by atoms with Crippen LogP contribution in [0.15, 0.2) is 55.0 Å². The van der Waals surface area contributed by atoms with Gasteiger partial charge in [0.2, 0.25) is 11.8 Å². The van der Waals surface area contributed by atoms with Crippen LogP contribution in [0.3, 0.4) is 0 Å². The summed E-state index contributed by atoms with van der Waals surface area (Å²) in [6.07, 6.45) is 6.87. The molecule has 14 heteroatoms. The number of nitrogen functional groups attached to an aromatic ring is 1. The summed E-state index contributed by atoms with van der Waals surface area (Å²) in [6, 6.07) is 8.51. The number of amides is 2. The number of carbonyl (C=O) groups is 2. The quantitative estimate of drug-likeness (QED) is 0.258. The molecule has 244 valence electrons. The van der Waals surface area contributed by atoms with Crippen molar-refractivity contribution in [3.63, 3.8) is 0 Å². The van der Waals surface area contributed by atoms with Gasteiger partial charge in [0.25, 0.3) is 0 Å². The molecule has 0 saturated carbocycles. The second-order valence-electron chi connectivity index (χ2n) is 11.8. The third-order valence-electron chi connectivity index (χ3n) is 8.74. The zero-order chi connectivity index (χ0) is 33.2. The van der Waals surface area contributed by atoms with E-state index in [9.17, 15) is 14.0 Å². The maximum atomic E-state index is 13.8. The Morgan fingerprint density at radius 3 is 2.64 bits per heavy atom. The second kappa shape index (κ2) is 13.5. The van der Waals surface area contributed by atoms with Crippen molar-refractivity contribution in [2.24, 2.45) is 13.0 Å². The third kappa shape index (κ3) is 6.69. The van der Waals surface area contributed by atoms with Crippen molar-refractivity contribution in [2.75, 3.05) is 43.4 Å². The lowest BCUT2D eigenvalue weighted by atomic mass is 10.1. The molecule has 1 aromatic carbocycles. The molecule has 2 aliphatic heterocycles. The van der Waals surface area contributed by atoms with Gasteiger partial charge >= 0.3 is 0 Å². The smallest absolute Gasteiger partial charge is 0.239 e. The summed E-state index contributed by atoms with van der Waals surface area (Å²) in [7, 11) is 1.83. The minimum Gasteiger partial charge on any atom is -0.397 e. The van der Waals surface area contributed by atoms with Crippen molar-refractivity contribution < 1.29 is 14.0 Å². The first-order valence-electron chi connectivity index (χ1n) is 15.6. The average Bonchev–Trinajstić information content (AvgIpc) is 3.87. The summed E-state index contributed by atoms with van der Waals surface area (Å²) in [6.45, 7) is 6.37. The number of pyridine rings is 1. The molecule has 2 aliphatic rings. The zero-order valence-corrected chi connectivity index (χ0v) is 27.4. The van der Waals surface area contributed by atoms with E-state index >= 15 is 0 Å². The lowest BCUT2D eigenvalue weighted by Crippen LogP contribution is -2.48. The van der Waals surface area contributed by atoms with E-state index in [1.807, 2.05) is 25.8 Å². The molecule has 0 bridgehead atoms. The second-order valence-corrected chi connectivity index (χ2v) is 12.8. The number of aryl methyl sites for hydroxylation is 1. The fourth-order valence-electron chi connectivity index (χ4n) is 6.02. The summed E-state index contributed by atoms with van der Waals surface area (Å²) in [5.74, 6) is 0.312.